The summed E-state index contributed by atoms with van der Waals surface area (Å²) in [7, 11) is 0. The summed E-state index contributed by atoms with van der Waals surface area (Å²) in [5.41, 5.74) is 2.32. The van der Waals surface area contributed by atoms with Gasteiger partial charge in [-0.25, -0.2) is 4.98 Å². The Morgan fingerprint density at radius 1 is 1.05 bits per heavy atom. The van der Waals surface area contributed by atoms with Crippen molar-refractivity contribution < 1.29 is 4.74 Å². The van der Waals surface area contributed by atoms with Crippen LogP contribution in [0.25, 0.3) is 10.2 Å². The first-order chi connectivity index (χ1) is 10.4. The van der Waals surface area contributed by atoms with Crippen molar-refractivity contribution in [1.82, 2.24) is 4.98 Å². The first kappa shape index (κ1) is 12.8. The molecule has 1 atom stereocenters. The van der Waals surface area contributed by atoms with Gasteiger partial charge in [-0.2, -0.15) is 0 Å². The van der Waals surface area contributed by atoms with E-state index in [0.717, 1.165) is 30.3 Å². The minimum absolute atomic E-state index is 0.131. The molecule has 1 unspecified atom stereocenters. The van der Waals surface area contributed by atoms with Crippen molar-refractivity contribution in [2.24, 2.45) is 0 Å². The van der Waals surface area contributed by atoms with E-state index >= 15 is 0 Å². The van der Waals surface area contributed by atoms with Gasteiger partial charge in [-0.1, -0.05) is 53.8 Å². The number of nitrogens with zero attached hydrogens (tertiary/aromatic N) is 2. The standard InChI is InChI=1S/C17H16N2OS/c1-2-6-13(7-3-1)15-12-19(10-11-20-15)17-18-14-8-4-5-9-16(14)21-17/h1-9,15H,10-12H2. The lowest BCUT2D eigenvalue weighted by Gasteiger charge is -2.32. The van der Waals surface area contributed by atoms with Crippen molar-refractivity contribution in [2.45, 2.75) is 6.10 Å². The quantitative estimate of drug-likeness (QED) is 0.717. The molecule has 0 amide bonds. The zero-order valence-corrected chi connectivity index (χ0v) is 12.4. The van der Waals surface area contributed by atoms with Gasteiger partial charge < -0.3 is 9.64 Å². The van der Waals surface area contributed by atoms with E-state index in [1.807, 2.05) is 12.1 Å². The number of morpholine rings is 1. The van der Waals surface area contributed by atoms with Gasteiger partial charge in [0.2, 0.25) is 0 Å². The highest BCUT2D eigenvalue weighted by Crippen LogP contribution is 2.32. The second kappa shape index (κ2) is 5.47. The zero-order chi connectivity index (χ0) is 14.1. The molecular formula is C17H16N2OS. The normalized spacial score (nSPS) is 19.0. The van der Waals surface area contributed by atoms with Gasteiger partial charge in [-0.3, -0.25) is 0 Å². The van der Waals surface area contributed by atoms with Gasteiger partial charge in [0.15, 0.2) is 5.13 Å². The van der Waals surface area contributed by atoms with Crippen LogP contribution in [0.1, 0.15) is 11.7 Å². The zero-order valence-electron chi connectivity index (χ0n) is 11.6. The number of aromatic nitrogens is 1. The van der Waals surface area contributed by atoms with Crippen LogP contribution in [0.2, 0.25) is 0 Å². The molecule has 0 aliphatic carbocycles. The topological polar surface area (TPSA) is 25.4 Å². The van der Waals surface area contributed by atoms with E-state index in [0.29, 0.717) is 0 Å². The van der Waals surface area contributed by atoms with Gasteiger partial charge in [0.25, 0.3) is 0 Å². The fraction of sp³-hybridized carbons (Fsp3) is 0.235. The molecule has 106 valence electrons. The number of hydrogen-bond donors (Lipinski definition) is 0. The number of rotatable bonds is 2. The third-order valence-electron chi connectivity index (χ3n) is 3.79. The summed E-state index contributed by atoms with van der Waals surface area (Å²) in [6, 6.07) is 18.7. The lowest BCUT2D eigenvalue weighted by atomic mass is 10.1. The average molecular weight is 296 g/mol. The van der Waals surface area contributed by atoms with Gasteiger partial charge >= 0.3 is 0 Å². The van der Waals surface area contributed by atoms with Crippen LogP contribution < -0.4 is 4.90 Å². The lowest BCUT2D eigenvalue weighted by Crippen LogP contribution is -2.38. The maximum absolute atomic E-state index is 5.92. The molecule has 4 heteroatoms. The molecule has 1 aromatic heterocycles. The molecule has 1 saturated heterocycles. The minimum atomic E-state index is 0.131. The molecule has 4 rings (SSSR count). The number of ether oxygens (including phenoxy) is 1. The van der Waals surface area contributed by atoms with Gasteiger partial charge in [0, 0.05) is 6.54 Å². The summed E-state index contributed by atoms with van der Waals surface area (Å²) >= 11 is 1.76. The van der Waals surface area contributed by atoms with Gasteiger partial charge in [-0.15, -0.1) is 0 Å². The molecule has 3 aromatic rings. The monoisotopic (exact) mass is 296 g/mol. The first-order valence-electron chi connectivity index (χ1n) is 7.17. The summed E-state index contributed by atoms with van der Waals surface area (Å²) in [6.07, 6.45) is 0.131. The second-order valence-electron chi connectivity index (χ2n) is 5.18. The van der Waals surface area contributed by atoms with Crippen molar-refractivity contribution >= 4 is 26.7 Å². The average Bonchev–Trinajstić information content (AvgIpc) is 3.00. The molecule has 0 radical (unpaired) electrons. The molecule has 1 fully saturated rings. The van der Waals surface area contributed by atoms with E-state index in [1.54, 1.807) is 11.3 Å². The molecule has 2 aromatic carbocycles. The van der Waals surface area contributed by atoms with E-state index in [4.69, 9.17) is 9.72 Å². The van der Waals surface area contributed by atoms with Gasteiger partial charge in [0.1, 0.15) is 6.10 Å². The van der Waals surface area contributed by atoms with Crippen LogP contribution in [0.4, 0.5) is 5.13 Å². The number of hydrogen-bond acceptors (Lipinski definition) is 4. The van der Waals surface area contributed by atoms with Crippen LogP contribution >= 0.6 is 11.3 Å². The third kappa shape index (κ3) is 2.52. The molecule has 0 bridgehead atoms. The van der Waals surface area contributed by atoms with Gasteiger partial charge in [0.05, 0.1) is 23.4 Å². The highest BCUT2D eigenvalue weighted by molar-refractivity contribution is 7.22. The number of para-hydroxylation sites is 1. The molecule has 0 saturated carbocycles. The molecule has 3 nitrogen and oxygen atoms in total. The van der Waals surface area contributed by atoms with Crippen molar-refractivity contribution in [1.29, 1.82) is 0 Å². The Labute approximate surface area is 127 Å². The summed E-state index contributed by atoms with van der Waals surface area (Å²) in [6.45, 7) is 2.52. The molecule has 21 heavy (non-hydrogen) atoms. The predicted molar refractivity (Wildman–Crippen MR) is 87.0 cm³/mol. The van der Waals surface area contributed by atoms with Crippen molar-refractivity contribution in [2.75, 3.05) is 24.6 Å². The largest absolute Gasteiger partial charge is 0.370 e. The van der Waals surface area contributed by atoms with Crippen LogP contribution in [-0.2, 0) is 4.74 Å². The van der Waals surface area contributed by atoms with Crippen LogP contribution in [0.5, 0.6) is 0 Å². The molecular weight excluding hydrogens is 280 g/mol. The van der Waals surface area contributed by atoms with E-state index < -0.39 is 0 Å². The predicted octanol–water partition coefficient (Wildman–Crippen LogP) is 3.87. The number of benzene rings is 2. The molecule has 1 aliphatic rings. The maximum Gasteiger partial charge on any atom is 0.186 e. The highest BCUT2D eigenvalue weighted by Gasteiger charge is 2.23. The SMILES string of the molecule is c1ccc(C2CN(c3nc4ccccc4s3)CCO2)cc1. The molecule has 0 spiro atoms. The Hall–Kier alpha value is -1.91. The van der Waals surface area contributed by atoms with E-state index in [9.17, 15) is 0 Å². The van der Waals surface area contributed by atoms with E-state index in [1.165, 1.54) is 10.3 Å². The summed E-state index contributed by atoms with van der Waals surface area (Å²) < 4.78 is 7.17. The van der Waals surface area contributed by atoms with Crippen molar-refractivity contribution in [3.63, 3.8) is 0 Å². The summed E-state index contributed by atoms with van der Waals surface area (Å²) in [5, 5.41) is 1.10. The number of fused-ring (bicyclic) bond motifs is 1. The molecule has 0 N–H and O–H groups in total. The smallest absolute Gasteiger partial charge is 0.186 e. The summed E-state index contributed by atoms with van der Waals surface area (Å²) in [5.74, 6) is 0. The van der Waals surface area contributed by atoms with E-state index in [2.05, 4.69) is 47.4 Å². The van der Waals surface area contributed by atoms with Crippen LogP contribution in [-0.4, -0.2) is 24.7 Å². The van der Waals surface area contributed by atoms with Gasteiger partial charge in [-0.05, 0) is 17.7 Å². The first-order valence-corrected chi connectivity index (χ1v) is 7.99. The Balaban J connectivity index is 1.60. The molecule has 1 aliphatic heterocycles. The van der Waals surface area contributed by atoms with Crippen LogP contribution in [0.3, 0.4) is 0 Å². The third-order valence-corrected chi connectivity index (χ3v) is 4.89. The summed E-state index contributed by atoms with van der Waals surface area (Å²) in [4.78, 5) is 7.09. The Morgan fingerprint density at radius 3 is 2.71 bits per heavy atom. The maximum atomic E-state index is 5.92. The van der Waals surface area contributed by atoms with Crippen molar-refractivity contribution in [3.8, 4) is 0 Å². The number of thiazole rings is 1. The van der Waals surface area contributed by atoms with Crippen LogP contribution in [0.15, 0.2) is 54.6 Å². The fourth-order valence-corrected chi connectivity index (χ4v) is 3.69. The van der Waals surface area contributed by atoms with E-state index in [-0.39, 0.29) is 6.10 Å². The Kier molecular flexibility index (Phi) is 3.33. The number of anilines is 1. The van der Waals surface area contributed by atoms with Crippen molar-refractivity contribution in [3.05, 3.63) is 60.2 Å². The minimum Gasteiger partial charge on any atom is -0.370 e. The lowest BCUT2D eigenvalue weighted by molar-refractivity contribution is 0.0398. The second-order valence-corrected chi connectivity index (χ2v) is 6.19. The Bertz CT molecular complexity index is 708. The molecule has 2 heterocycles. The Morgan fingerprint density at radius 2 is 1.86 bits per heavy atom. The van der Waals surface area contributed by atoms with Crippen LogP contribution in [0, 0.1) is 0 Å². The highest BCUT2D eigenvalue weighted by atomic mass is 32.1. The fourth-order valence-electron chi connectivity index (χ4n) is 2.69.